The fourth-order valence-electron chi connectivity index (χ4n) is 2.26. The number of hydrogen-bond acceptors (Lipinski definition) is 4. The van der Waals surface area contributed by atoms with Crippen molar-refractivity contribution in [2.24, 2.45) is 5.92 Å². The summed E-state index contributed by atoms with van der Waals surface area (Å²) in [5, 5.41) is 3.42. The molecule has 1 aromatic heterocycles. The van der Waals surface area contributed by atoms with Crippen LogP contribution in [0.15, 0.2) is 16.5 Å². The van der Waals surface area contributed by atoms with Gasteiger partial charge in [0.2, 0.25) is 0 Å². The number of furan rings is 1. The van der Waals surface area contributed by atoms with Crippen LogP contribution in [0.1, 0.15) is 31.8 Å². The van der Waals surface area contributed by atoms with Crippen LogP contribution in [0.5, 0.6) is 0 Å². The van der Waals surface area contributed by atoms with E-state index in [-0.39, 0.29) is 0 Å². The second kappa shape index (κ2) is 7.98. The zero-order valence-electron chi connectivity index (χ0n) is 12.2. The van der Waals surface area contributed by atoms with Crippen molar-refractivity contribution in [2.75, 3.05) is 31.1 Å². The number of rotatable bonds is 6. The van der Waals surface area contributed by atoms with Gasteiger partial charge in [-0.2, -0.15) is 11.8 Å². The first kappa shape index (κ1) is 14.9. The summed E-state index contributed by atoms with van der Waals surface area (Å²) < 4.78 is 5.90. The molecular weight excluding hydrogens is 256 g/mol. The van der Waals surface area contributed by atoms with Crippen molar-refractivity contribution in [3.05, 3.63) is 23.7 Å². The molecule has 3 nitrogen and oxygen atoms in total. The first-order valence-corrected chi connectivity index (χ1v) is 8.48. The van der Waals surface area contributed by atoms with Gasteiger partial charge in [-0.05, 0) is 43.3 Å². The summed E-state index contributed by atoms with van der Waals surface area (Å²) in [6.45, 7) is 9.68. The Morgan fingerprint density at radius 1 is 1.26 bits per heavy atom. The maximum atomic E-state index is 5.90. The third-order valence-corrected chi connectivity index (χ3v) is 4.31. The summed E-state index contributed by atoms with van der Waals surface area (Å²) in [7, 11) is 0. The van der Waals surface area contributed by atoms with E-state index in [1.54, 1.807) is 0 Å². The third kappa shape index (κ3) is 5.59. The molecule has 1 aliphatic heterocycles. The standard InChI is InChI=1S/C15H26N2OS/c1-13(2)10-16-11-14-4-5-15(18-14)12-17-6-3-8-19-9-7-17/h4-5,13,16H,3,6-12H2,1-2H3. The smallest absolute Gasteiger partial charge is 0.118 e. The molecule has 0 radical (unpaired) electrons. The Morgan fingerprint density at radius 2 is 2.11 bits per heavy atom. The monoisotopic (exact) mass is 282 g/mol. The fourth-order valence-corrected chi connectivity index (χ4v) is 3.19. The van der Waals surface area contributed by atoms with E-state index in [0.29, 0.717) is 5.92 Å². The van der Waals surface area contributed by atoms with Gasteiger partial charge in [0, 0.05) is 12.3 Å². The number of thioether (sulfide) groups is 1. The Bertz CT molecular complexity index is 357. The highest BCUT2D eigenvalue weighted by Gasteiger charge is 2.11. The second-order valence-corrected chi connectivity index (χ2v) is 6.86. The Kier molecular flexibility index (Phi) is 6.28. The molecule has 0 unspecified atom stereocenters. The Labute approximate surface area is 121 Å². The lowest BCUT2D eigenvalue weighted by molar-refractivity contribution is 0.258. The lowest BCUT2D eigenvalue weighted by Crippen LogP contribution is -2.25. The summed E-state index contributed by atoms with van der Waals surface area (Å²) in [5.74, 6) is 5.40. The van der Waals surface area contributed by atoms with E-state index in [2.05, 4.69) is 48.0 Å². The highest BCUT2D eigenvalue weighted by Crippen LogP contribution is 2.15. The SMILES string of the molecule is CC(C)CNCc1ccc(CN2CCCSCC2)o1. The Hall–Kier alpha value is -0.450. The van der Waals surface area contributed by atoms with Crippen molar-refractivity contribution in [3.63, 3.8) is 0 Å². The quantitative estimate of drug-likeness (QED) is 0.868. The Morgan fingerprint density at radius 3 is 2.95 bits per heavy atom. The highest BCUT2D eigenvalue weighted by molar-refractivity contribution is 7.99. The van der Waals surface area contributed by atoms with Gasteiger partial charge in [0.15, 0.2) is 0 Å². The number of hydrogen-bond donors (Lipinski definition) is 1. The van der Waals surface area contributed by atoms with Gasteiger partial charge in [-0.25, -0.2) is 0 Å². The third-order valence-electron chi connectivity index (χ3n) is 3.26. The molecule has 19 heavy (non-hydrogen) atoms. The van der Waals surface area contributed by atoms with Crippen LogP contribution < -0.4 is 5.32 Å². The maximum absolute atomic E-state index is 5.90. The average molecular weight is 282 g/mol. The minimum atomic E-state index is 0.684. The molecule has 0 saturated carbocycles. The van der Waals surface area contributed by atoms with Gasteiger partial charge in [-0.3, -0.25) is 4.90 Å². The molecule has 1 aromatic rings. The number of nitrogens with zero attached hydrogens (tertiary/aromatic N) is 1. The van der Waals surface area contributed by atoms with Crippen LogP contribution in [0.25, 0.3) is 0 Å². The van der Waals surface area contributed by atoms with Crippen molar-refractivity contribution in [1.82, 2.24) is 10.2 Å². The largest absolute Gasteiger partial charge is 0.463 e. The summed E-state index contributed by atoms with van der Waals surface area (Å²) in [5.41, 5.74) is 0. The minimum Gasteiger partial charge on any atom is -0.463 e. The molecule has 4 heteroatoms. The van der Waals surface area contributed by atoms with Gasteiger partial charge in [0.25, 0.3) is 0 Å². The highest BCUT2D eigenvalue weighted by atomic mass is 32.2. The van der Waals surface area contributed by atoms with Gasteiger partial charge in [-0.15, -0.1) is 0 Å². The molecule has 0 spiro atoms. The molecule has 0 amide bonds. The van der Waals surface area contributed by atoms with E-state index in [4.69, 9.17) is 4.42 Å². The van der Waals surface area contributed by atoms with E-state index in [0.717, 1.165) is 31.2 Å². The van der Waals surface area contributed by atoms with E-state index in [1.165, 1.54) is 31.0 Å². The van der Waals surface area contributed by atoms with Crippen LogP contribution in [0, 0.1) is 5.92 Å². The summed E-state index contributed by atoms with van der Waals surface area (Å²) in [6.07, 6.45) is 1.30. The molecule has 2 rings (SSSR count). The molecular formula is C15H26N2OS. The molecule has 0 bridgehead atoms. The van der Waals surface area contributed by atoms with Gasteiger partial charge in [0.1, 0.15) is 11.5 Å². The van der Waals surface area contributed by atoms with E-state index >= 15 is 0 Å². The van der Waals surface area contributed by atoms with Crippen LogP contribution >= 0.6 is 11.8 Å². The van der Waals surface area contributed by atoms with Crippen molar-refractivity contribution >= 4 is 11.8 Å². The van der Waals surface area contributed by atoms with Crippen molar-refractivity contribution in [2.45, 2.75) is 33.4 Å². The topological polar surface area (TPSA) is 28.4 Å². The predicted molar refractivity (Wildman–Crippen MR) is 82.5 cm³/mol. The van der Waals surface area contributed by atoms with Gasteiger partial charge >= 0.3 is 0 Å². The first-order valence-electron chi connectivity index (χ1n) is 7.32. The summed E-state index contributed by atoms with van der Waals surface area (Å²) >= 11 is 2.07. The molecule has 1 aliphatic rings. The normalized spacial score (nSPS) is 17.8. The molecule has 0 aliphatic carbocycles. The van der Waals surface area contributed by atoms with Gasteiger partial charge < -0.3 is 9.73 Å². The lowest BCUT2D eigenvalue weighted by atomic mass is 10.2. The molecule has 1 N–H and O–H groups in total. The Balaban J connectivity index is 1.76. The summed E-state index contributed by atoms with van der Waals surface area (Å²) in [6, 6.07) is 4.24. The molecule has 0 atom stereocenters. The van der Waals surface area contributed by atoms with Gasteiger partial charge in [0.05, 0.1) is 13.1 Å². The van der Waals surface area contributed by atoms with Gasteiger partial charge in [-0.1, -0.05) is 13.8 Å². The molecule has 1 fully saturated rings. The van der Waals surface area contributed by atoms with Crippen molar-refractivity contribution in [1.29, 1.82) is 0 Å². The van der Waals surface area contributed by atoms with E-state index in [9.17, 15) is 0 Å². The van der Waals surface area contributed by atoms with E-state index < -0.39 is 0 Å². The van der Waals surface area contributed by atoms with Crippen LogP contribution in [0.3, 0.4) is 0 Å². The van der Waals surface area contributed by atoms with Crippen LogP contribution in [0.2, 0.25) is 0 Å². The molecule has 108 valence electrons. The molecule has 2 heterocycles. The van der Waals surface area contributed by atoms with Crippen molar-refractivity contribution in [3.8, 4) is 0 Å². The molecule has 1 saturated heterocycles. The van der Waals surface area contributed by atoms with Crippen LogP contribution in [-0.4, -0.2) is 36.0 Å². The van der Waals surface area contributed by atoms with E-state index in [1.807, 2.05) is 0 Å². The maximum Gasteiger partial charge on any atom is 0.118 e. The van der Waals surface area contributed by atoms with Crippen LogP contribution in [0.4, 0.5) is 0 Å². The zero-order chi connectivity index (χ0) is 13.5. The molecule has 0 aromatic carbocycles. The van der Waals surface area contributed by atoms with Crippen molar-refractivity contribution < 1.29 is 4.42 Å². The average Bonchev–Trinajstić information content (AvgIpc) is 2.65. The summed E-state index contributed by atoms with van der Waals surface area (Å²) in [4.78, 5) is 2.50. The second-order valence-electron chi connectivity index (χ2n) is 5.63. The minimum absolute atomic E-state index is 0.684. The predicted octanol–water partition coefficient (Wildman–Crippen LogP) is 2.96. The number of nitrogens with one attached hydrogen (secondary N) is 1. The lowest BCUT2D eigenvalue weighted by Gasteiger charge is -2.17. The van der Waals surface area contributed by atoms with Crippen LogP contribution in [-0.2, 0) is 13.1 Å². The zero-order valence-corrected chi connectivity index (χ0v) is 13.0. The first-order chi connectivity index (χ1) is 9.24. The fraction of sp³-hybridized carbons (Fsp3) is 0.733.